The van der Waals surface area contributed by atoms with E-state index in [-0.39, 0.29) is 9.52 Å². The van der Waals surface area contributed by atoms with Gasteiger partial charge in [-0.15, -0.1) is 0 Å². The Hall–Kier alpha value is -0.556. The second-order valence-electron chi connectivity index (χ2n) is 5.02. The Kier molecular flexibility index (Phi) is 7.41. The summed E-state index contributed by atoms with van der Waals surface area (Å²) in [5.74, 6) is 0. The standard InChI is InChI=1S/C11H24O3Si2/c1-5-10(2)15-9-16(3,4)8-6-7-14-11(12)13/h5H,6-9,15H2,1-4H3,(H,12,13). The molecule has 0 heterocycles. The SMILES string of the molecule is CC=C(C)[SiH2]C[Si](C)(C)CCCOC(=O)O. The van der Waals surface area contributed by atoms with Crippen molar-refractivity contribution in [3.63, 3.8) is 0 Å². The molecule has 3 nitrogen and oxygen atoms in total. The van der Waals surface area contributed by atoms with E-state index in [1.54, 1.807) is 5.20 Å². The highest BCUT2D eigenvalue weighted by Gasteiger charge is 2.19. The molecule has 0 aromatic heterocycles. The molecule has 0 aromatic rings. The van der Waals surface area contributed by atoms with Gasteiger partial charge in [-0.2, -0.15) is 0 Å². The van der Waals surface area contributed by atoms with Gasteiger partial charge in [0.05, 0.1) is 6.61 Å². The number of hydrogen-bond donors (Lipinski definition) is 1. The first-order valence-electron chi connectivity index (χ1n) is 5.85. The van der Waals surface area contributed by atoms with E-state index in [1.165, 1.54) is 11.7 Å². The summed E-state index contributed by atoms with van der Waals surface area (Å²) >= 11 is 0. The topological polar surface area (TPSA) is 46.5 Å². The zero-order chi connectivity index (χ0) is 12.6. The summed E-state index contributed by atoms with van der Waals surface area (Å²) in [5, 5.41) is 9.92. The van der Waals surface area contributed by atoms with Crippen LogP contribution in [0, 0.1) is 0 Å². The maximum Gasteiger partial charge on any atom is 0.505 e. The van der Waals surface area contributed by atoms with Crippen LogP contribution in [0.5, 0.6) is 0 Å². The van der Waals surface area contributed by atoms with Gasteiger partial charge in [0.1, 0.15) is 0 Å². The predicted molar refractivity (Wildman–Crippen MR) is 73.7 cm³/mol. The van der Waals surface area contributed by atoms with E-state index in [0.29, 0.717) is 6.61 Å². The maximum atomic E-state index is 10.2. The second-order valence-corrected chi connectivity index (χ2v) is 13.5. The Morgan fingerprint density at radius 3 is 2.62 bits per heavy atom. The highest BCUT2D eigenvalue weighted by molar-refractivity contribution is 6.85. The summed E-state index contributed by atoms with van der Waals surface area (Å²) < 4.78 is 4.52. The van der Waals surface area contributed by atoms with E-state index >= 15 is 0 Å². The molecule has 0 bridgehead atoms. The van der Waals surface area contributed by atoms with Gasteiger partial charge < -0.3 is 9.84 Å². The Bertz CT molecular complexity index is 250. The smallest absolute Gasteiger partial charge is 0.450 e. The molecule has 0 spiro atoms. The van der Waals surface area contributed by atoms with Crippen LogP contribution in [0.15, 0.2) is 11.3 Å². The molecule has 0 aliphatic rings. The van der Waals surface area contributed by atoms with Crippen molar-refractivity contribution in [3.05, 3.63) is 11.3 Å². The molecule has 1 N–H and O–H groups in total. The van der Waals surface area contributed by atoms with Gasteiger partial charge in [-0.25, -0.2) is 4.79 Å². The van der Waals surface area contributed by atoms with Crippen molar-refractivity contribution in [1.29, 1.82) is 0 Å². The Morgan fingerprint density at radius 2 is 2.12 bits per heavy atom. The summed E-state index contributed by atoms with van der Waals surface area (Å²) in [6, 6.07) is 1.17. The lowest BCUT2D eigenvalue weighted by Gasteiger charge is -2.22. The zero-order valence-electron chi connectivity index (χ0n) is 10.9. The fourth-order valence-electron chi connectivity index (χ4n) is 1.52. The van der Waals surface area contributed by atoms with E-state index in [2.05, 4.69) is 37.8 Å². The molecule has 0 fully saturated rings. The van der Waals surface area contributed by atoms with Crippen LogP contribution in [-0.4, -0.2) is 35.5 Å². The van der Waals surface area contributed by atoms with Crippen LogP contribution >= 0.6 is 0 Å². The molecule has 0 aliphatic heterocycles. The third-order valence-corrected chi connectivity index (χ3v) is 12.2. The minimum atomic E-state index is -1.15. The Balaban J connectivity index is 3.73. The molecule has 0 saturated carbocycles. The predicted octanol–water partition coefficient (Wildman–Crippen LogP) is 2.83. The lowest BCUT2D eigenvalue weighted by atomic mass is 10.5. The molecule has 0 saturated heterocycles. The van der Waals surface area contributed by atoms with Crippen LogP contribution < -0.4 is 0 Å². The minimum Gasteiger partial charge on any atom is -0.450 e. The average molecular weight is 260 g/mol. The van der Waals surface area contributed by atoms with Gasteiger partial charge in [-0.3, -0.25) is 0 Å². The number of rotatable bonds is 7. The lowest BCUT2D eigenvalue weighted by Crippen LogP contribution is -2.28. The molecule has 5 heteroatoms. The molecule has 0 aliphatic carbocycles. The normalized spacial score (nSPS) is 13.4. The number of hydrogen-bond acceptors (Lipinski definition) is 2. The molecular formula is C11H24O3Si2. The first-order chi connectivity index (χ1) is 7.37. The third-order valence-electron chi connectivity index (χ3n) is 2.91. The number of allylic oxidation sites excluding steroid dienone is 2. The van der Waals surface area contributed by atoms with Gasteiger partial charge in [-0.1, -0.05) is 36.1 Å². The summed E-state index contributed by atoms with van der Waals surface area (Å²) in [6.45, 7) is 9.48. The van der Waals surface area contributed by atoms with Crippen LogP contribution in [-0.2, 0) is 4.74 Å². The van der Waals surface area contributed by atoms with E-state index in [9.17, 15) is 4.79 Å². The largest absolute Gasteiger partial charge is 0.505 e. The van der Waals surface area contributed by atoms with Gasteiger partial charge in [0, 0.05) is 17.6 Å². The molecule has 0 radical (unpaired) electrons. The van der Waals surface area contributed by atoms with Crippen molar-refractivity contribution < 1.29 is 14.6 Å². The van der Waals surface area contributed by atoms with Gasteiger partial charge in [0.25, 0.3) is 0 Å². The third kappa shape index (κ3) is 8.73. The summed E-state index contributed by atoms with van der Waals surface area (Å²) in [4.78, 5) is 10.2. The van der Waals surface area contributed by atoms with Crippen molar-refractivity contribution in [2.24, 2.45) is 0 Å². The minimum absolute atomic E-state index is 0.0527. The van der Waals surface area contributed by atoms with Crippen molar-refractivity contribution >= 4 is 23.7 Å². The second kappa shape index (κ2) is 7.67. The highest BCUT2D eigenvalue weighted by atomic mass is 28.4. The van der Waals surface area contributed by atoms with E-state index in [1.807, 2.05) is 0 Å². The molecule has 0 amide bonds. The van der Waals surface area contributed by atoms with Crippen LogP contribution in [0.2, 0.25) is 24.8 Å². The van der Waals surface area contributed by atoms with E-state index < -0.39 is 14.2 Å². The molecule has 0 unspecified atom stereocenters. The van der Waals surface area contributed by atoms with E-state index in [0.717, 1.165) is 6.42 Å². The molecule has 0 atom stereocenters. The van der Waals surface area contributed by atoms with Gasteiger partial charge in [0.2, 0.25) is 0 Å². The average Bonchev–Trinajstić information content (AvgIpc) is 2.21. The van der Waals surface area contributed by atoms with Crippen molar-refractivity contribution in [2.45, 2.75) is 45.1 Å². The fraction of sp³-hybridized carbons (Fsp3) is 0.727. The van der Waals surface area contributed by atoms with Crippen molar-refractivity contribution in [2.75, 3.05) is 6.61 Å². The van der Waals surface area contributed by atoms with Crippen molar-refractivity contribution in [3.8, 4) is 0 Å². The highest BCUT2D eigenvalue weighted by Crippen LogP contribution is 2.17. The summed E-state index contributed by atoms with van der Waals surface area (Å²) in [6.07, 6.45) is 1.96. The number of ether oxygens (including phenoxy) is 1. The molecular weight excluding hydrogens is 236 g/mol. The first-order valence-corrected chi connectivity index (χ1v) is 11.0. The van der Waals surface area contributed by atoms with Gasteiger partial charge >= 0.3 is 6.16 Å². The molecule has 0 rings (SSSR count). The maximum absolute atomic E-state index is 10.2. The summed E-state index contributed by atoms with van der Waals surface area (Å²) in [7, 11) is -1.16. The lowest BCUT2D eigenvalue weighted by molar-refractivity contribution is 0.0917. The van der Waals surface area contributed by atoms with E-state index in [4.69, 9.17) is 5.11 Å². The first kappa shape index (κ1) is 15.4. The van der Waals surface area contributed by atoms with Gasteiger partial charge in [-0.05, 0) is 20.3 Å². The molecule has 16 heavy (non-hydrogen) atoms. The van der Waals surface area contributed by atoms with Crippen LogP contribution in [0.3, 0.4) is 0 Å². The van der Waals surface area contributed by atoms with Crippen LogP contribution in [0.25, 0.3) is 0 Å². The monoisotopic (exact) mass is 260 g/mol. The zero-order valence-corrected chi connectivity index (χ0v) is 13.3. The Labute approximate surface area is 102 Å². The summed E-state index contributed by atoms with van der Waals surface area (Å²) in [5.41, 5.74) is 1.41. The quantitative estimate of drug-likeness (QED) is 0.435. The van der Waals surface area contributed by atoms with Crippen molar-refractivity contribution in [1.82, 2.24) is 0 Å². The fourth-order valence-corrected chi connectivity index (χ4v) is 8.19. The Morgan fingerprint density at radius 1 is 1.50 bits per heavy atom. The molecule has 0 aromatic carbocycles. The number of carboxylic acid groups (broad SMARTS) is 1. The van der Waals surface area contributed by atoms with Crippen LogP contribution in [0.4, 0.5) is 4.79 Å². The molecule has 94 valence electrons. The van der Waals surface area contributed by atoms with Crippen LogP contribution in [0.1, 0.15) is 20.3 Å². The number of carbonyl (C=O) groups is 1. The van der Waals surface area contributed by atoms with Gasteiger partial charge in [0.15, 0.2) is 0 Å².